The molecule has 0 aromatic carbocycles. The van der Waals surface area contributed by atoms with Gasteiger partial charge in [-0.3, -0.25) is 24.0 Å². The van der Waals surface area contributed by atoms with E-state index >= 15 is 0 Å². The highest BCUT2D eigenvalue weighted by Crippen LogP contribution is 2.31. The SMILES string of the molecule is CC(C)OCC(=O)N1CCCC1.CC(C)OCC(=O)NCCC1CC1.CC(C)OCCNS(=O)(=O)C1CC1.CC(C)OCCNS(=O)(=O)C1COC1.CCC(C)CCOC(C)C.CCN(CC)C(=O)COC(C)C.CCNC(=O)NCCOC(C)C.CCS(=O)(=O)NCCOC(C)C.CNC(=O)CCCOC(C)C.COC(=O)C(N)CCOC(C)C. The molecule has 4 fully saturated rings. The van der Waals surface area contributed by atoms with Crippen LogP contribution in [0.25, 0.3) is 0 Å². The molecule has 0 bridgehead atoms. The van der Waals surface area contributed by atoms with Crippen molar-refractivity contribution in [1.29, 1.82) is 0 Å². The minimum absolute atomic E-state index is 0.00866. The number of hydrogen-bond acceptors (Lipinski definition) is 25. The van der Waals surface area contributed by atoms with Crippen molar-refractivity contribution in [2.75, 3.05) is 165 Å². The van der Waals surface area contributed by atoms with Gasteiger partial charge in [0.05, 0.1) is 119 Å². The average Bonchev–Trinajstić information content (AvgIpc) is 1.69. The van der Waals surface area contributed by atoms with Crippen molar-refractivity contribution in [3.05, 3.63) is 0 Å². The fourth-order valence-electron chi connectivity index (χ4n) is 8.64. The maximum Gasteiger partial charge on any atom is 0.322 e. The van der Waals surface area contributed by atoms with E-state index < -0.39 is 36.1 Å². The summed E-state index contributed by atoms with van der Waals surface area (Å²) in [5.74, 6) is 1.74. The predicted molar refractivity (Wildman–Crippen MR) is 483 cm³/mol. The second-order valence-electron chi connectivity index (χ2n) is 31.6. The van der Waals surface area contributed by atoms with E-state index in [1.54, 1.807) is 18.9 Å². The summed E-state index contributed by atoms with van der Waals surface area (Å²) in [7, 11) is -6.27. The van der Waals surface area contributed by atoms with Crippen molar-refractivity contribution >= 4 is 65.7 Å². The first-order chi connectivity index (χ1) is 56.6. The van der Waals surface area contributed by atoms with E-state index in [0.29, 0.717) is 105 Å². The number of esters is 1. The summed E-state index contributed by atoms with van der Waals surface area (Å²) in [6.07, 6.45) is 14.0. The number of urea groups is 1. The van der Waals surface area contributed by atoms with Crippen LogP contribution >= 0.6 is 0 Å². The molecule has 2 unspecified atom stereocenters. The smallest absolute Gasteiger partial charge is 0.322 e. The van der Waals surface area contributed by atoms with Gasteiger partial charge in [-0.25, -0.2) is 44.2 Å². The van der Waals surface area contributed by atoms with Gasteiger partial charge in [0.25, 0.3) is 0 Å². The number of nitrogens with one attached hydrogen (secondary N) is 7. The first-order valence-electron chi connectivity index (χ1n) is 44.1. The highest BCUT2D eigenvalue weighted by Gasteiger charge is 2.35. The number of nitrogens with zero attached hydrogens (tertiary/aromatic N) is 2. The van der Waals surface area contributed by atoms with Gasteiger partial charge in [-0.15, -0.1) is 0 Å². The Labute approximate surface area is 734 Å². The van der Waals surface area contributed by atoms with E-state index in [9.17, 15) is 54.0 Å². The van der Waals surface area contributed by atoms with Crippen molar-refractivity contribution in [2.45, 2.75) is 335 Å². The minimum atomic E-state index is -3.18. The maximum atomic E-state index is 11.4. The molecule has 9 N–H and O–H groups in total. The molecule has 0 spiro atoms. The summed E-state index contributed by atoms with van der Waals surface area (Å²) >= 11 is 0. The second kappa shape index (κ2) is 81.6. The molecule has 6 amide bonds. The van der Waals surface area contributed by atoms with Crippen molar-refractivity contribution in [3.8, 4) is 0 Å². The van der Waals surface area contributed by atoms with Gasteiger partial charge in [0.15, 0.2) is 0 Å². The van der Waals surface area contributed by atoms with E-state index in [1.165, 1.54) is 32.8 Å². The summed E-state index contributed by atoms with van der Waals surface area (Å²) < 4.78 is 136. The number of amides is 6. The number of hydrogen-bond donors (Lipinski definition) is 8. The molecule has 726 valence electrons. The van der Waals surface area contributed by atoms with Gasteiger partial charge in [0.2, 0.25) is 53.7 Å². The Hall–Kier alpha value is -4.13. The monoisotopic (exact) mass is 1810 g/mol. The molecule has 2 saturated heterocycles. The molecule has 2 atom stereocenters. The number of nitrogens with two attached hydrogens (primary N) is 1. The lowest BCUT2D eigenvalue weighted by Gasteiger charge is -2.25. The van der Waals surface area contributed by atoms with Gasteiger partial charge in [-0.1, -0.05) is 33.1 Å². The van der Waals surface area contributed by atoms with Crippen molar-refractivity contribution in [2.24, 2.45) is 17.6 Å². The Morgan fingerprint density at radius 1 is 0.463 bits per heavy atom. The lowest BCUT2D eigenvalue weighted by Crippen LogP contribution is -2.47. The molecule has 0 aromatic rings. The normalized spacial score (nSPS) is 14.2. The van der Waals surface area contributed by atoms with Gasteiger partial charge in [-0.05, 0) is 229 Å². The number of methoxy groups -OCH3 is 1. The Bertz CT molecular complexity index is 2790. The minimum Gasteiger partial charge on any atom is -0.468 e. The zero-order valence-electron chi connectivity index (χ0n) is 80.4. The number of likely N-dealkylation sites (N-methyl/N-ethyl adjacent to an activating group) is 1. The molecular weight excluding hydrogens is 1630 g/mol. The Kier molecular flexibility index (Phi) is 86.1. The third kappa shape index (κ3) is 94.8. The fourth-order valence-corrected chi connectivity index (χ4v) is 11.8. The zero-order valence-corrected chi connectivity index (χ0v) is 82.9. The van der Waals surface area contributed by atoms with E-state index in [1.807, 2.05) is 150 Å². The highest BCUT2D eigenvalue weighted by atomic mass is 32.2. The Morgan fingerprint density at radius 3 is 1.25 bits per heavy atom. The first-order valence-corrected chi connectivity index (χ1v) is 48.9. The van der Waals surface area contributed by atoms with Crippen LogP contribution in [0.15, 0.2) is 0 Å². The van der Waals surface area contributed by atoms with Crippen LogP contribution in [0.1, 0.15) is 257 Å². The molecule has 0 aromatic heterocycles. The molecule has 4 aliphatic rings. The van der Waals surface area contributed by atoms with Gasteiger partial charge >= 0.3 is 12.0 Å². The molecule has 4 rings (SSSR count). The number of ether oxygens (including phenoxy) is 12. The van der Waals surface area contributed by atoms with Crippen LogP contribution in [0.4, 0.5) is 4.79 Å². The molecule has 121 heavy (non-hydrogen) atoms. The van der Waals surface area contributed by atoms with Crippen molar-refractivity contribution in [1.82, 2.24) is 45.2 Å². The van der Waals surface area contributed by atoms with Crippen LogP contribution in [0, 0.1) is 11.8 Å². The third-order valence-electron chi connectivity index (χ3n) is 16.3. The Morgan fingerprint density at radius 2 is 0.868 bits per heavy atom. The number of carbonyl (C=O) groups excluding carboxylic acids is 6. The van der Waals surface area contributed by atoms with Crippen LogP contribution in [-0.2, 0) is 111 Å². The number of likely N-dealkylation sites (tertiary alicyclic amines) is 1. The van der Waals surface area contributed by atoms with Crippen LogP contribution in [0.5, 0.6) is 0 Å². The number of sulfonamides is 3. The largest absolute Gasteiger partial charge is 0.468 e. The summed E-state index contributed by atoms with van der Waals surface area (Å²) in [5, 5.41) is 10.2. The standard InChI is InChI=1S/C10H19NO2.C9H17NO2.C9H19NO2.C9H20O.C8H18N2O2.C8H17NO4S.C8H17NO3S.C8H17NO3.C8H17NO2.C7H17NO3S/c1-8(2)13-7-10(12)11-6-5-9-3-4-9;1-8(2)12-7-9(11)10-5-3-4-6-10;1-5-10(6-2)9(11)7-12-8(3)4;1-5-9(4)6-7-10-8(2)3;1-4-9-8(11)10-5-6-12-7(2)3;1-7(2)13-4-3-9-14(10,11)8-5-12-6-8;1-7(2)12-6-5-9-13(10,11)8-3-4-8;1-6(2)12-5-4-7(9)8(10)11-3;1-7(2)11-6-4-5-8(10)9-3;1-4-12(9,10)8-5-6-11-7(2)3/h8-9H,3-7H2,1-2H3,(H,11,12);8H,3-7H2,1-2H3;8H,5-7H2,1-4H3;8-9H,5-7H2,1-4H3;7H,4-6H2,1-3H3,(H2,9,10,11);7-9H,3-6H2,1-2H3;7-9H,3-6H2,1-2H3;6-7H,4-5,9H2,1-3H3;7H,4-6H2,1-3H3,(H,9,10);7-8H,4-6H2,1-3H3. The van der Waals surface area contributed by atoms with E-state index in [-0.39, 0.29) is 127 Å². The molecule has 2 saturated carbocycles. The summed E-state index contributed by atoms with van der Waals surface area (Å²) in [6, 6.07) is -0.696. The van der Waals surface area contributed by atoms with Gasteiger partial charge in [0, 0.05) is 98.7 Å². The molecule has 34 nitrogen and oxygen atoms in total. The van der Waals surface area contributed by atoms with Crippen LogP contribution in [0.3, 0.4) is 0 Å². The molecule has 2 heterocycles. The quantitative estimate of drug-likeness (QED) is 0.0208. The number of carbonyl (C=O) groups is 6. The summed E-state index contributed by atoms with van der Waals surface area (Å²) in [6.45, 7) is 62.6. The van der Waals surface area contributed by atoms with Crippen molar-refractivity contribution < 1.29 is 111 Å². The molecular formula is C84H178N10O24S3. The zero-order chi connectivity index (χ0) is 94.0. The first kappa shape index (κ1) is 128. The topological polar surface area (TPSA) is 432 Å². The second-order valence-corrected chi connectivity index (χ2v) is 37.8. The molecule has 0 radical (unpaired) electrons. The number of rotatable bonds is 52. The highest BCUT2D eigenvalue weighted by molar-refractivity contribution is 7.90. The fraction of sp³-hybridized carbons (Fsp3) is 0.929. The maximum absolute atomic E-state index is 11.4. The van der Waals surface area contributed by atoms with Gasteiger partial charge in [0.1, 0.15) is 31.1 Å². The Balaban J connectivity index is -0.000000304. The van der Waals surface area contributed by atoms with Crippen LogP contribution in [-0.4, -0.2) is 313 Å². The van der Waals surface area contributed by atoms with Crippen LogP contribution in [0.2, 0.25) is 0 Å². The molecule has 2 aliphatic carbocycles. The van der Waals surface area contributed by atoms with Gasteiger partial charge < -0.3 is 93.6 Å². The lowest BCUT2D eigenvalue weighted by molar-refractivity contribution is -0.142. The molecule has 37 heteroatoms. The average molecular weight is 1810 g/mol. The van der Waals surface area contributed by atoms with E-state index in [2.05, 4.69) is 67.9 Å². The summed E-state index contributed by atoms with van der Waals surface area (Å²) in [5.41, 5.74) is 5.46. The van der Waals surface area contributed by atoms with E-state index in [4.69, 9.17) is 57.8 Å². The van der Waals surface area contributed by atoms with E-state index in [0.717, 1.165) is 89.7 Å². The van der Waals surface area contributed by atoms with Crippen molar-refractivity contribution in [3.63, 3.8) is 0 Å². The van der Waals surface area contributed by atoms with Crippen LogP contribution < -0.4 is 41.2 Å². The predicted octanol–water partition coefficient (Wildman–Crippen LogP) is 9.03. The lowest BCUT2D eigenvalue weighted by atomic mass is 10.1. The third-order valence-corrected chi connectivity index (χ3v) is 21.5. The summed E-state index contributed by atoms with van der Waals surface area (Å²) in [4.78, 5) is 69.7. The molecule has 2 aliphatic heterocycles. The van der Waals surface area contributed by atoms with Gasteiger partial charge in [-0.2, -0.15) is 0 Å².